The van der Waals surface area contributed by atoms with Crippen molar-refractivity contribution in [2.24, 2.45) is 0 Å². The fraction of sp³-hybridized carbons (Fsp3) is 0.235. The van der Waals surface area contributed by atoms with E-state index in [1.54, 1.807) is 10.7 Å². The van der Waals surface area contributed by atoms with E-state index in [-0.39, 0.29) is 18.6 Å². The van der Waals surface area contributed by atoms with Crippen molar-refractivity contribution in [3.8, 4) is 11.3 Å². The average Bonchev–Trinajstić information content (AvgIpc) is 3.04. The molecule has 1 amide bonds. The lowest BCUT2D eigenvalue weighted by Gasteiger charge is -2.13. The zero-order chi connectivity index (χ0) is 16.2. The van der Waals surface area contributed by atoms with Gasteiger partial charge in [0, 0.05) is 11.8 Å². The molecule has 23 heavy (non-hydrogen) atoms. The zero-order valence-electron chi connectivity index (χ0n) is 12.8. The third kappa shape index (κ3) is 2.93. The second-order valence-corrected chi connectivity index (χ2v) is 5.25. The van der Waals surface area contributed by atoms with Crippen LogP contribution >= 0.6 is 0 Å². The Morgan fingerprint density at radius 1 is 1.30 bits per heavy atom. The monoisotopic (exact) mass is 310 g/mol. The topological polar surface area (TPSA) is 79.5 Å². The summed E-state index contributed by atoms with van der Waals surface area (Å²) in [7, 11) is 0. The summed E-state index contributed by atoms with van der Waals surface area (Å²) in [5, 5.41) is 16.3. The Morgan fingerprint density at radius 3 is 2.78 bits per heavy atom. The number of nitrogens with one attached hydrogen (secondary N) is 1. The highest BCUT2D eigenvalue weighted by Crippen LogP contribution is 2.20. The van der Waals surface area contributed by atoms with E-state index < -0.39 is 0 Å². The first kappa shape index (κ1) is 15.2. The molecule has 0 aliphatic heterocycles. The Hall–Kier alpha value is -2.73. The Kier molecular flexibility index (Phi) is 4.34. The van der Waals surface area contributed by atoms with Crippen LogP contribution in [-0.2, 0) is 0 Å². The van der Waals surface area contributed by atoms with E-state index in [9.17, 15) is 9.90 Å². The Labute approximate surface area is 133 Å². The number of hydrogen-bond donors (Lipinski definition) is 2. The largest absolute Gasteiger partial charge is 0.394 e. The molecule has 3 aromatic rings. The van der Waals surface area contributed by atoms with Gasteiger partial charge in [-0.3, -0.25) is 4.79 Å². The lowest BCUT2D eigenvalue weighted by Crippen LogP contribution is -2.36. The quantitative estimate of drug-likeness (QED) is 0.754. The first-order valence-electron chi connectivity index (χ1n) is 7.54. The van der Waals surface area contributed by atoms with E-state index in [1.807, 2.05) is 43.3 Å². The molecule has 0 spiro atoms. The second kappa shape index (κ2) is 6.58. The molecule has 1 unspecified atom stereocenters. The van der Waals surface area contributed by atoms with Crippen LogP contribution in [0, 0.1) is 0 Å². The molecule has 3 rings (SSSR count). The minimum atomic E-state index is -0.279. The van der Waals surface area contributed by atoms with Crippen LogP contribution < -0.4 is 5.32 Å². The number of nitrogens with zero attached hydrogens (tertiary/aromatic N) is 3. The summed E-state index contributed by atoms with van der Waals surface area (Å²) in [6.45, 7) is 1.81. The fourth-order valence-electron chi connectivity index (χ4n) is 2.42. The van der Waals surface area contributed by atoms with Gasteiger partial charge in [0.05, 0.1) is 24.5 Å². The van der Waals surface area contributed by atoms with Gasteiger partial charge in [0.2, 0.25) is 0 Å². The van der Waals surface area contributed by atoms with E-state index in [0.717, 1.165) is 11.3 Å². The second-order valence-electron chi connectivity index (χ2n) is 5.25. The average molecular weight is 310 g/mol. The molecule has 0 aliphatic carbocycles. The first-order valence-corrected chi connectivity index (χ1v) is 7.54. The van der Waals surface area contributed by atoms with Gasteiger partial charge in [-0.15, -0.1) is 0 Å². The number of aliphatic hydroxyl groups excluding tert-OH is 1. The normalized spacial score (nSPS) is 12.3. The summed E-state index contributed by atoms with van der Waals surface area (Å²) in [5.41, 5.74) is 2.76. The molecule has 2 heterocycles. The van der Waals surface area contributed by atoms with Crippen molar-refractivity contribution < 1.29 is 9.90 Å². The molecule has 0 radical (unpaired) electrons. The highest BCUT2D eigenvalue weighted by Gasteiger charge is 2.18. The standard InChI is InChI=1S/C17H18N4O2/c1-2-13(11-22)20-17(23)14-10-19-21-15(8-9-18-16(14)21)12-6-4-3-5-7-12/h3-10,13,22H,2,11H2,1H3,(H,20,23). The number of hydrogen-bond acceptors (Lipinski definition) is 4. The van der Waals surface area contributed by atoms with Crippen LogP contribution in [0.4, 0.5) is 0 Å². The summed E-state index contributed by atoms with van der Waals surface area (Å²) < 4.78 is 1.66. The van der Waals surface area contributed by atoms with E-state index >= 15 is 0 Å². The van der Waals surface area contributed by atoms with Crippen molar-refractivity contribution in [3.05, 3.63) is 54.4 Å². The highest BCUT2D eigenvalue weighted by atomic mass is 16.3. The lowest BCUT2D eigenvalue weighted by molar-refractivity contribution is 0.0916. The van der Waals surface area contributed by atoms with Crippen molar-refractivity contribution in [3.63, 3.8) is 0 Å². The van der Waals surface area contributed by atoms with Crippen molar-refractivity contribution in [2.45, 2.75) is 19.4 Å². The number of aliphatic hydroxyl groups is 1. The maximum absolute atomic E-state index is 12.4. The van der Waals surface area contributed by atoms with Gasteiger partial charge in [0.15, 0.2) is 5.65 Å². The summed E-state index contributed by atoms with van der Waals surface area (Å²) in [6, 6.07) is 11.4. The third-order valence-electron chi connectivity index (χ3n) is 3.76. The Bertz CT molecular complexity index is 810. The molecule has 2 N–H and O–H groups in total. The van der Waals surface area contributed by atoms with Crippen LogP contribution in [0.2, 0.25) is 0 Å². The molecular formula is C17H18N4O2. The van der Waals surface area contributed by atoms with Gasteiger partial charge in [-0.05, 0) is 12.5 Å². The number of aromatic nitrogens is 3. The first-order chi connectivity index (χ1) is 11.2. The van der Waals surface area contributed by atoms with Gasteiger partial charge < -0.3 is 10.4 Å². The van der Waals surface area contributed by atoms with Gasteiger partial charge in [0.1, 0.15) is 5.56 Å². The maximum Gasteiger partial charge on any atom is 0.257 e. The predicted molar refractivity (Wildman–Crippen MR) is 87.1 cm³/mol. The molecule has 0 saturated carbocycles. The number of benzene rings is 1. The molecule has 0 saturated heterocycles. The molecule has 6 nitrogen and oxygen atoms in total. The number of carbonyl (C=O) groups excluding carboxylic acids is 1. The summed E-state index contributed by atoms with van der Waals surface area (Å²) in [6.07, 6.45) is 3.83. The van der Waals surface area contributed by atoms with Gasteiger partial charge in [-0.2, -0.15) is 5.10 Å². The van der Waals surface area contributed by atoms with E-state index in [1.165, 1.54) is 6.20 Å². The third-order valence-corrected chi connectivity index (χ3v) is 3.76. The molecule has 0 fully saturated rings. The Balaban J connectivity index is 2.00. The van der Waals surface area contributed by atoms with Crippen LogP contribution in [0.3, 0.4) is 0 Å². The zero-order valence-corrected chi connectivity index (χ0v) is 12.8. The van der Waals surface area contributed by atoms with Gasteiger partial charge in [-0.25, -0.2) is 9.50 Å². The van der Waals surface area contributed by atoms with Crippen LogP contribution in [-0.4, -0.2) is 38.3 Å². The van der Waals surface area contributed by atoms with E-state index in [0.29, 0.717) is 17.6 Å². The van der Waals surface area contributed by atoms with Crippen molar-refractivity contribution in [1.82, 2.24) is 19.9 Å². The summed E-state index contributed by atoms with van der Waals surface area (Å²) in [5.74, 6) is -0.279. The van der Waals surface area contributed by atoms with Crippen molar-refractivity contribution >= 4 is 11.6 Å². The number of rotatable bonds is 5. The molecule has 118 valence electrons. The highest BCUT2D eigenvalue weighted by molar-refractivity contribution is 6.00. The van der Waals surface area contributed by atoms with E-state index in [2.05, 4.69) is 15.4 Å². The van der Waals surface area contributed by atoms with Crippen LogP contribution in [0.1, 0.15) is 23.7 Å². The number of fused-ring (bicyclic) bond motifs is 1. The van der Waals surface area contributed by atoms with Crippen molar-refractivity contribution in [1.29, 1.82) is 0 Å². The smallest absolute Gasteiger partial charge is 0.257 e. The maximum atomic E-state index is 12.4. The van der Waals surface area contributed by atoms with Crippen LogP contribution in [0.15, 0.2) is 48.8 Å². The minimum absolute atomic E-state index is 0.0931. The van der Waals surface area contributed by atoms with Gasteiger partial charge >= 0.3 is 0 Å². The Morgan fingerprint density at radius 2 is 2.09 bits per heavy atom. The molecule has 0 aliphatic rings. The lowest BCUT2D eigenvalue weighted by atomic mass is 10.1. The van der Waals surface area contributed by atoms with Gasteiger partial charge in [0.25, 0.3) is 5.91 Å². The fourth-order valence-corrected chi connectivity index (χ4v) is 2.42. The molecule has 0 bridgehead atoms. The molecule has 1 atom stereocenters. The minimum Gasteiger partial charge on any atom is -0.394 e. The molecular weight excluding hydrogens is 292 g/mol. The number of carbonyl (C=O) groups is 1. The predicted octanol–water partition coefficient (Wildman–Crippen LogP) is 1.90. The van der Waals surface area contributed by atoms with Crippen molar-refractivity contribution in [2.75, 3.05) is 6.61 Å². The molecule has 2 aromatic heterocycles. The molecule has 6 heteroatoms. The SMILES string of the molecule is CCC(CO)NC(=O)c1cnn2c(-c3ccccc3)ccnc12. The molecule has 1 aromatic carbocycles. The van der Waals surface area contributed by atoms with E-state index in [4.69, 9.17) is 0 Å². The van der Waals surface area contributed by atoms with Crippen LogP contribution in [0.25, 0.3) is 16.9 Å². The van der Waals surface area contributed by atoms with Gasteiger partial charge in [-0.1, -0.05) is 37.3 Å². The van der Waals surface area contributed by atoms with Crippen LogP contribution in [0.5, 0.6) is 0 Å². The summed E-state index contributed by atoms with van der Waals surface area (Å²) in [4.78, 5) is 16.7. The summed E-state index contributed by atoms with van der Waals surface area (Å²) >= 11 is 0. The number of amides is 1.